The van der Waals surface area contributed by atoms with E-state index in [-0.39, 0.29) is 5.78 Å². The molecule has 2 heterocycles. The van der Waals surface area contributed by atoms with E-state index in [1.807, 2.05) is 36.6 Å². The summed E-state index contributed by atoms with van der Waals surface area (Å²) < 4.78 is 0. The fraction of sp³-hybridized carbons (Fsp3) is 0.0588. The minimum absolute atomic E-state index is 0.0366. The molecule has 0 unspecified atom stereocenters. The number of ketones is 1. The third-order valence-corrected chi connectivity index (χ3v) is 3.88. The maximum Gasteiger partial charge on any atom is 0.188 e. The zero-order valence-corrected chi connectivity index (χ0v) is 12.7. The van der Waals surface area contributed by atoms with Crippen LogP contribution in [0.25, 0.3) is 16.9 Å². The summed E-state index contributed by atoms with van der Waals surface area (Å²) in [5, 5.41) is 2.62. The molecule has 0 fully saturated rings. The fourth-order valence-corrected chi connectivity index (χ4v) is 2.58. The van der Waals surface area contributed by atoms with Gasteiger partial charge >= 0.3 is 0 Å². The minimum atomic E-state index is -0.0366. The number of carbonyl (C=O) groups excluding carboxylic acids is 1. The van der Waals surface area contributed by atoms with E-state index >= 15 is 0 Å². The first kappa shape index (κ1) is 14.3. The van der Waals surface area contributed by atoms with Crippen LogP contribution in [0.1, 0.15) is 21.6 Å². The number of allylic oxidation sites excluding steroid dienone is 1. The average molecular weight is 307 g/mol. The molecule has 22 heavy (non-hydrogen) atoms. The summed E-state index contributed by atoms with van der Waals surface area (Å²) >= 11 is 1.45. The second-order valence-corrected chi connectivity index (χ2v) is 5.57. The zero-order valence-electron chi connectivity index (χ0n) is 11.9. The lowest BCUT2D eigenvalue weighted by Crippen LogP contribution is -1.93. The highest BCUT2D eigenvalue weighted by atomic mass is 32.1. The second kappa shape index (κ2) is 6.41. The van der Waals surface area contributed by atoms with Crippen molar-refractivity contribution in [2.75, 3.05) is 0 Å². The Morgan fingerprint density at radius 2 is 1.86 bits per heavy atom. The van der Waals surface area contributed by atoms with Gasteiger partial charge in [-0.25, -0.2) is 15.0 Å². The lowest BCUT2D eigenvalue weighted by Gasteiger charge is -1.96. The van der Waals surface area contributed by atoms with Crippen LogP contribution in [0.2, 0.25) is 0 Å². The average Bonchev–Trinajstić information content (AvgIpc) is 3.03. The van der Waals surface area contributed by atoms with Gasteiger partial charge in [0.15, 0.2) is 16.6 Å². The van der Waals surface area contributed by atoms with Crippen molar-refractivity contribution in [3.8, 4) is 10.8 Å². The summed E-state index contributed by atoms with van der Waals surface area (Å²) in [7, 11) is 0. The number of thiazole rings is 1. The molecule has 0 saturated carbocycles. The first-order chi connectivity index (χ1) is 10.7. The van der Waals surface area contributed by atoms with E-state index in [4.69, 9.17) is 0 Å². The number of aromatic nitrogens is 3. The third-order valence-electron chi connectivity index (χ3n) is 3.02. The molecule has 0 aliphatic rings. The molecular weight excluding hydrogens is 294 g/mol. The van der Waals surface area contributed by atoms with Crippen molar-refractivity contribution >= 4 is 23.2 Å². The van der Waals surface area contributed by atoms with Gasteiger partial charge < -0.3 is 0 Å². The van der Waals surface area contributed by atoms with Crippen molar-refractivity contribution in [2.24, 2.45) is 0 Å². The molecule has 0 atom stereocenters. The molecule has 0 N–H and O–H groups in total. The quantitative estimate of drug-likeness (QED) is 0.543. The molecular formula is C17H13N3OS. The van der Waals surface area contributed by atoms with Crippen molar-refractivity contribution in [3.63, 3.8) is 0 Å². The highest BCUT2D eigenvalue weighted by Crippen LogP contribution is 2.20. The molecule has 0 amide bonds. The number of benzene rings is 1. The molecule has 3 rings (SSSR count). The van der Waals surface area contributed by atoms with Crippen LogP contribution in [-0.4, -0.2) is 20.7 Å². The SMILES string of the molecule is Cc1ccc(C(=O)/C=C\c2csc(-c3ncccn3)n2)cc1. The summed E-state index contributed by atoms with van der Waals surface area (Å²) in [4.78, 5) is 24.8. The largest absolute Gasteiger partial charge is 0.289 e. The Kier molecular flexibility index (Phi) is 4.16. The first-order valence-corrected chi connectivity index (χ1v) is 7.62. The monoisotopic (exact) mass is 307 g/mol. The predicted octanol–water partition coefficient (Wildman–Crippen LogP) is 3.80. The molecule has 3 aromatic rings. The van der Waals surface area contributed by atoms with E-state index in [9.17, 15) is 4.79 Å². The Hall–Kier alpha value is -2.66. The summed E-state index contributed by atoms with van der Waals surface area (Å²) in [6.45, 7) is 1.99. The van der Waals surface area contributed by atoms with Crippen LogP contribution in [0, 0.1) is 6.92 Å². The Bertz CT molecular complexity index is 807. The summed E-state index contributed by atoms with van der Waals surface area (Å²) in [6, 6.07) is 9.26. The maximum absolute atomic E-state index is 12.1. The van der Waals surface area contributed by atoms with Crippen LogP contribution in [0.5, 0.6) is 0 Å². The third kappa shape index (κ3) is 3.32. The highest BCUT2D eigenvalue weighted by molar-refractivity contribution is 7.13. The predicted molar refractivity (Wildman–Crippen MR) is 87.7 cm³/mol. The fourth-order valence-electron chi connectivity index (χ4n) is 1.85. The van der Waals surface area contributed by atoms with Crippen LogP contribution in [0.15, 0.2) is 54.2 Å². The van der Waals surface area contributed by atoms with Gasteiger partial charge in [-0.2, -0.15) is 0 Å². The molecule has 0 radical (unpaired) electrons. The molecule has 4 nitrogen and oxygen atoms in total. The number of rotatable bonds is 4. The lowest BCUT2D eigenvalue weighted by atomic mass is 10.1. The number of nitrogens with zero attached hydrogens (tertiary/aromatic N) is 3. The van der Waals surface area contributed by atoms with Gasteiger partial charge in [0.2, 0.25) is 0 Å². The molecule has 0 aliphatic carbocycles. The molecule has 2 aromatic heterocycles. The van der Waals surface area contributed by atoms with Crippen LogP contribution in [0.4, 0.5) is 0 Å². The smallest absolute Gasteiger partial charge is 0.188 e. The topological polar surface area (TPSA) is 55.7 Å². The zero-order chi connectivity index (χ0) is 15.4. The van der Waals surface area contributed by atoms with Crippen molar-refractivity contribution in [2.45, 2.75) is 6.92 Å². The number of carbonyl (C=O) groups is 1. The normalized spacial score (nSPS) is 11.0. The Labute approximate surface area is 132 Å². The van der Waals surface area contributed by atoms with Gasteiger partial charge in [-0.1, -0.05) is 29.8 Å². The van der Waals surface area contributed by atoms with E-state index in [1.165, 1.54) is 17.4 Å². The van der Waals surface area contributed by atoms with E-state index in [0.29, 0.717) is 11.4 Å². The maximum atomic E-state index is 12.1. The molecule has 0 spiro atoms. The molecule has 0 aliphatic heterocycles. The summed E-state index contributed by atoms with van der Waals surface area (Å²) in [5.41, 5.74) is 2.53. The number of hydrogen-bond donors (Lipinski definition) is 0. The van der Waals surface area contributed by atoms with Crippen LogP contribution in [-0.2, 0) is 0 Å². The molecule has 5 heteroatoms. The van der Waals surface area contributed by atoms with Crippen LogP contribution >= 0.6 is 11.3 Å². The standard InChI is InChI=1S/C17H13N3OS/c1-12-3-5-13(6-4-12)15(21)8-7-14-11-22-17(20-14)16-18-9-2-10-19-16/h2-11H,1H3/b8-7-. The Morgan fingerprint density at radius 3 is 2.59 bits per heavy atom. The molecule has 0 bridgehead atoms. The van der Waals surface area contributed by atoms with Gasteiger partial charge in [-0.05, 0) is 25.1 Å². The number of aryl methyl sites for hydroxylation is 1. The van der Waals surface area contributed by atoms with Crippen LogP contribution in [0.3, 0.4) is 0 Å². The molecule has 0 saturated heterocycles. The van der Waals surface area contributed by atoms with Gasteiger partial charge in [0.25, 0.3) is 0 Å². The minimum Gasteiger partial charge on any atom is -0.289 e. The van der Waals surface area contributed by atoms with Gasteiger partial charge in [0.1, 0.15) is 0 Å². The van der Waals surface area contributed by atoms with Gasteiger partial charge in [-0.15, -0.1) is 11.3 Å². The summed E-state index contributed by atoms with van der Waals surface area (Å²) in [6.07, 6.45) is 6.61. The van der Waals surface area contributed by atoms with E-state index in [0.717, 1.165) is 16.3 Å². The van der Waals surface area contributed by atoms with E-state index < -0.39 is 0 Å². The van der Waals surface area contributed by atoms with Gasteiger partial charge in [0, 0.05) is 23.3 Å². The van der Waals surface area contributed by atoms with Gasteiger partial charge in [-0.3, -0.25) is 4.79 Å². The van der Waals surface area contributed by atoms with E-state index in [2.05, 4.69) is 15.0 Å². The highest BCUT2D eigenvalue weighted by Gasteiger charge is 2.06. The Balaban J connectivity index is 1.75. The lowest BCUT2D eigenvalue weighted by molar-refractivity contribution is 0.104. The summed E-state index contributed by atoms with van der Waals surface area (Å²) in [5.74, 6) is 0.558. The van der Waals surface area contributed by atoms with Crippen molar-refractivity contribution in [1.82, 2.24) is 15.0 Å². The Morgan fingerprint density at radius 1 is 1.14 bits per heavy atom. The van der Waals surface area contributed by atoms with Crippen molar-refractivity contribution in [1.29, 1.82) is 0 Å². The van der Waals surface area contributed by atoms with Crippen LogP contribution < -0.4 is 0 Å². The van der Waals surface area contributed by atoms with Crippen molar-refractivity contribution in [3.05, 3.63) is 71.0 Å². The second-order valence-electron chi connectivity index (χ2n) is 4.71. The van der Waals surface area contributed by atoms with Crippen molar-refractivity contribution < 1.29 is 4.79 Å². The number of hydrogen-bond acceptors (Lipinski definition) is 5. The van der Waals surface area contributed by atoms with Gasteiger partial charge in [0.05, 0.1) is 5.69 Å². The molecule has 1 aromatic carbocycles. The first-order valence-electron chi connectivity index (χ1n) is 6.74. The molecule has 108 valence electrons. The van der Waals surface area contributed by atoms with E-state index in [1.54, 1.807) is 24.5 Å².